The van der Waals surface area contributed by atoms with Gasteiger partial charge < -0.3 is 9.52 Å². The normalized spacial score (nSPS) is 49.6. The molecule has 154 valence electrons. The highest BCUT2D eigenvalue weighted by Crippen LogP contribution is 2.71. The lowest BCUT2D eigenvalue weighted by molar-refractivity contribution is -0.206. The fourth-order valence-corrected chi connectivity index (χ4v) is 9.02. The van der Waals surface area contributed by atoms with Gasteiger partial charge in [0.25, 0.3) is 0 Å². The number of aliphatic hydroxyl groups is 1. The topological polar surface area (TPSA) is 50.4 Å². The van der Waals surface area contributed by atoms with E-state index in [1.807, 2.05) is 12.5 Å². The van der Waals surface area contributed by atoms with Crippen LogP contribution in [0, 0.1) is 34.0 Å². The van der Waals surface area contributed by atoms with Crippen LogP contribution < -0.4 is 0 Å². The molecule has 1 N–H and O–H groups in total. The van der Waals surface area contributed by atoms with Crippen LogP contribution in [0.3, 0.4) is 0 Å². The van der Waals surface area contributed by atoms with Crippen LogP contribution >= 0.6 is 0 Å². The van der Waals surface area contributed by atoms with Gasteiger partial charge in [0.1, 0.15) is 5.78 Å². The van der Waals surface area contributed by atoms with Crippen molar-refractivity contribution < 1.29 is 14.3 Å². The van der Waals surface area contributed by atoms with Gasteiger partial charge in [-0.25, -0.2) is 0 Å². The van der Waals surface area contributed by atoms with E-state index in [0.717, 1.165) is 32.1 Å². The first-order valence-corrected chi connectivity index (χ1v) is 11.3. The predicted molar refractivity (Wildman–Crippen MR) is 109 cm³/mol. The van der Waals surface area contributed by atoms with Gasteiger partial charge >= 0.3 is 0 Å². The maximum Gasteiger partial charge on any atom is 0.138 e. The molecule has 0 aliphatic heterocycles. The summed E-state index contributed by atoms with van der Waals surface area (Å²) in [7, 11) is 0. The van der Waals surface area contributed by atoms with Gasteiger partial charge in [-0.2, -0.15) is 0 Å². The Morgan fingerprint density at radius 2 is 1.64 bits per heavy atom. The second-order valence-corrected chi connectivity index (χ2v) is 11.7. The molecule has 5 rings (SSSR count). The van der Waals surface area contributed by atoms with Crippen LogP contribution in [-0.2, 0) is 16.6 Å². The summed E-state index contributed by atoms with van der Waals surface area (Å²) in [5, 5.41) is 11.6. The average Bonchev–Trinajstić information content (AvgIpc) is 3.11. The van der Waals surface area contributed by atoms with Crippen LogP contribution in [0.2, 0.25) is 0 Å². The molecule has 7 unspecified atom stereocenters. The lowest BCUT2D eigenvalue weighted by Crippen LogP contribution is -2.67. The largest absolute Gasteiger partial charge is 0.472 e. The Morgan fingerprint density at radius 3 is 2.39 bits per heavy atom. The van der Waals surface area contributed by atoms with Crippen LogP contribution in [0.5, 0.6) is 0 Å². The molecule has 4 aliphatic rings. The molecule has 0 spiro atoms. The molecule has 3 heteroatoms. The molecule has 1 heterocycles. The Hall–Kier alpha value is -1.09. The van der Waals surface area contributed by atoms with Crippen molar-refractivity contribution in [2.75, 3.05) is 0 Å². The second kappa shape index (κ2) is 5.53. The molecule has 4 aliphatic carbocycles. The van der Waals surface area contributed by atoms with Crippen LogP contribution in [0.15, 0.2) is 16.9 Å². The van der Waals surface area contributed by atoms with Crippen LogP contribution in [0.1, 0.15) is 84.3 Å². The minimum atomic E-state index is -0.344. The maximum atomic E-state index is 12.7. The molecule has 7 atom stereocenters. The monoisotopic (exact) mass is 384 g/mol. The van der Waals surface area contributed by atoms with Crippen molar-refractivity contribution in [1.82, 2.24) is 0 Å². The van der Waals surface area contributed by atoms with Crippen molar-refractivity contribution in [1.29, 1.82) is 0 Å². The number of aryl methyl sites for hydroxylation is 1. The molecule has 1 aromatic heterocycles. The maximum absolute atomic E-state index is 12.7. The first kappa shape index (κ1) is 18.9. The summed E-state index contributed by atoms with van der Waals surface area (Å²) in [5.41, 5.74) is 2.46. The first-order valence-electron chi connectivity index (χ1n) is 11.3. The summed E-state index contributed by atoms with van der Waals surface area (Å²) < 4.78 is 5.60. The van der Waals surface area contributed by atoms with E-state index < -0.39 is 0 Å². The molecule has 1 aromatic rings. The highest BCUT2D eigenvalue weighted by molar-refractivity contribution is 5.85. The fourth-order valence-electron chi connectivity index (χ4n) is 9.02. The lowest BCUT2D eigenvalue weighted by atomic mass is 9.35. The Kier molecular flexibility index (Phi) is 3.74. The van der Waals surface area contributed by atoms with E-state index in [1.54, 1.807) is 0 Å². The molecule has 0 radical (unpaired) electrons. The number of aliphatic hydroxyl groups excluding tert-OH is 1. The summed E-state index contributed by atoms with van der Waals surface area (Å²) >= 11 is 0. The Bertz CT molecular complexity index is 822. The number of hydrogen-bond donors (Lipinski definition) is 1. The number of hydrogen-bond acceptors (Lipinski definition) is 3. The van der Waals surface area contributed by atoms with Gasteiger partial charge in [0.15, 0.2) is 0 Å². The molecule has 0 amide bonds. The van der Waals surface area contributed by atoms with Crippen molar-refractivity contribution in [3.8, 4) is 0 Å². The molecule has 3 fully saturated rings. The van der Waals surface area contributed by atoms with Crippen LogP contribution in [0.25, 0.3) is 0 Å². The van der Waals surface area contributed by atoms with Crippen LogP contribution in [0.4, 0.5) is 0 Å². The molecule has 3 saturated carbocycles. The van der Waals surface area contributed by atoms with Crippen molar-refractivity contribution in [3.63, 3.8) is 0 Å². The van der Waals surface area contributed by atoms with E-state index in [9.17, 15) is 9.90 Å². The number of ketones is 1. The van der Waals surface area contributed by atoms with Crippen molar-refractivity contribution >= 4 is 5.78 Å². The predicted octanol–water partition coefficient (Wildman–Crippen LogP) is 5.29. The molecular formula is C25H36O3. The SMILES string of the molecule is CC1(C)C(=O)CCC2(C)C1CCC1(C)C2CC(O)C2(C)c3cocc3CCC12. The van der Waals surface area contributed by atoms with E-state index in [1.165, 1.54) is 17.5 Å². The van der Waals surface area contributed by atoms with E-state index in [-0.39, 0.29) is 27.8 Å². The third-order valence-corrected chi connectivity index (χ3v) is 10.5. The van der Waals surface area contributed by atoms with Gasteiger partial charge in [0.05, 0.1) is 18.6 Å². The zero-order chi connectivity index (χ0) is 20.1. The van der Waals surface area contributed by atoms with Crippen molar-refractivity contribution in [2.45, 2.75) is 91.1 Å². The third kappa shape index (κ3) is 2.02. The van der Waals surface area contributed by atoms with Gasteiger partial charge in [0.2, 0.25) is 0 Å². The summed E-state index contributed by atoms with van der Waals surface area (Å²) in [4.78, 5) is 12.7. The highest BCUT2D eigenvalue weighted by Gasteiger charge is 2.68. The Labute approximate surface area is 169 Å². The number of carbonyl (C=O) groups excluding carboxylic acids is 1. The number of rotatable bonds is 0. The summed E-state index contributed by atoms with van der Waals surface area (Å²) in [6.45, 7) is 11.6. The second-order valence-electron chi connectivity index (χ2n) is 11.7. The number of Topliss-reactive ketones (excluding diaryl/α,β-unsaturated/α-hetero) is 1. The average molecular weight is 385 g/mol. The van der Waals surface area contributed by atoms with Gasteiger partial charge in [-0.15, -0.1) is 0 Å². The van der Waals surface area contributed by atoms with E-state index in [0.29, 0.717) is 30.0 Å². The minimum Gasteiger partial charge on any atom is -0.472 e. The smallest absolute Gasteiger partial charge is 0.138 e. The van der Waals surface area contributed by atoms with Gasteiger partial charge in [-0.3, -0.25) is 4.79 Å². The first-order chi connectivity index (χ1) is 13.1. The summed E-state index contributed by atoms with van der Waals surface area (Å²) in [6, 6.07) is 0. The zero-order valence-electron chi connectivity index (χ0n) is 18.2. The molecule has 0 bridgehead atoms. The van der Waals surface area contributed by atoms with Crippen LogP contribution in [-0.4, -0.2) is 17.0 Å². The summed E-state index contributed by atoms with van der Waals surface area (Å²) in [5.74, 6) is 1.83. The zero-order valence-corrected chi connectivity index (χ0v) is 18.2. The minimum absolute atomic E-state index is 0.142. The fraction of sp³-hybridized carbons (Fsp3) is 0.800. The van der Waals surface area contributed by atoms with Gasteiger partial charge in [-0.1, -0.05) is 34.6 Å². The molecular weight excluding hydrogens is 348 g/mol. The summed E-state index contributed by atoms with van der Waals surface area (Å²) in [6.07, 6.45) is 10.5. The number of carbonyl (C=O) groups is 1. The standard InChI is InChI=1S/C25H36O3/c1-22(2)17-8-10-24(4)18-7-6-15-13-28-14-16(15)25(18,5)21(27)12-19(24)23(17,3)11-9-20(22)26/h13-14,17-19,21,27H,6-12H2,1-5H3. The lowest BCUT2D eigenvalue weighted by Gasteiger charge is -2.69. The van der Waals surface area contributed by atoms with Crippen molar-refractivity contribution in [3.05, 3.63) is 23.7 Å². The number of fused-ring (bicyclic) bond motifs is 7. The molecule has 0 aromatic carbocycles. The van der Waals surface area contributed by atoms with Gasteiger partial charge in [-0.05, 0) is 72.7 Å². The van der Waals surface area contributed by atoms with Crippen molar-refractivity contribution in [2.24, 2.45) is 34.0 Å². The van der Waals surface area contributed by atoms with E-state index >= 15 is 0 Å². The van der Waals surface area contributed by atoms with E-state index in [2.05, 4.69) is 34.6 Å². The Balaban J connectivity index is 1.61. The van der Waals surface area contributed by atoms with E-state index in [4.69, 9.17) is 4.42 Å². The Morgan fingerprint density at radius 1 is 0.929 bits per heavy atom. The molecule has 3 nitrogen and oxygen atoms in total. The quantitative estimate of drug-likeness (QED) is 0.661. The third-order valence-electron chi connectivity index (χ3n) is 10.5. The number of furan rings is 1. The van der Waals surface area contributed by atoms with Gasteiger partial charge in [0, 0.05) is 22.8 Å². The molecule has 0 saturated heterocycles. The highest BCUT2D eigenvalue weighted by atomic mass is 16.3. The molecule has 28 heavy (non-hydrogen) atoms.